The molecule has 0 heterocycles. The predicted octanol–water partition coefficient (Wildman–Crippen LogP) is 4.30. The molecule has 0 bridgehead atoms. The first-order valence-corrected chi connectivity index (χ1v) is 5.76. The van der Waals surface area contributed by atoms with Crippen molar-refractivity contribution in [1.29, 1.82) is 5.26 Å². The summed E-state index contributed by atoms with van der Waals surface area (Å²) < 4.78 is 1.05. The second-order valence-corrected chi connectivity index (χ2v) is 4.57. The Morgan fingerprint density at radius 2 is 1.94 bits per heavy atom. The second kappa shape index (κ2) is 4.51. The van der Waals surface area contributed by atoms with E-state index in [0.29, 0.717) is 5.56 Å². The Hall–Kier alpha value is -1.59. The van der Waals surface area contributed by atoms with E-state index in [-0.39, 0.29) is 0 Å². The SMILES string of the molecule is Cc1ccc(Br)cc1-c1cccc(C#N)c1. The van der Waals surface area contributed by atoms with Gasteiger partial charge in [0.2, 0.25) is 0 Å². The van der Waals surface area contributed by atoms with E-state index in [1.165, 1.54) is 5.56 Å². The predicted molar refractivity (Wildman–Crippen MR) is 69.0 cm³/mol. The van der Waals surface area contributed by atoms with E-state index in [2.05, 4.69) is 41.1 Å². The van der Waals surface area contributed by atoms with Crippen LogP contribution in [0.15, 0.2) is 46.9 Å². The molecule has 78 valence electrons. The highest BCUT2D eigenvalue weighted by molar-refractivity contribution is 9.10. The Kier molecular flexibility index (Phi) is 3.07. The van der Waals surface area contributed by atoms with Crippen molar-refractivity contribution < 1.29 is 0 Å². The third kappa shape index (κ3) is 2.15. The molecule has 0 amide bonds. The van der Waals surface area contributed by atoms with Gasteiger partial charge in [-0.2, -0.15) is 5.26 Å². The summed E-state index contributed by atoms with van der Waals surface area (Å²) in [7, 11) is 0. The molecule has 2 aromatic carbocycles. The first-order chi connectivity index (χ1) is 7.70. The van der Waals surface area contributed by atoms with Gasteiger partial charge in [0.15, 0.2) is 0 Å². The van der Waals surface area contributed by atoms with Crippen LogP contribution in [-0.4, -0.2) is 0 Å². The van der Waals surface area contributed by atoms with Crippen LogP contribution in [0.3, 0.4) is 0 Å². The number of aryl methyl sites for hydroxylation is 1. The Morgan fingerprint density at radius 3 is 2.69 bits per heavy atom. The summed E-state index contributed by atoms with van der Waals surface area (Å²) in [6.45, 7) is 2.07. The van der Waals surface area contributed by atoms with E-state index in [9.17, 15) is 0 Å². The van der Waals surface area contributed by atoms with Gasteiger partial charge >= 0.3 is 0 Å². The molecule has 0 saturated heterocycles. The number of nitrogens with zero attached hydrogens (tertiary/aromatic N) is 1. The van der Waals surface area contributed by atoms with E-state index < -0.39 is 0 Å². The molecule has 2 rings (SSSR count). The van der Waals surface area contributed by atoms with Crippen molar-refractivity contribution in [3.63, 3.8) is 0 Å². The van der Waals surface area contributed by atoms with Crippen molar-refractivity contribution in [3.05, 3.63) is 58.1 Å². The molecular formula is C14H10BrN. The largest absolute Gasteiger partial charge is 0.192 e. The Labute approximate surface area is 103 Å². The average molecular weight is 272 g/mol. The van der Waals surface area contributed by atoms with Gasteiger partial charge < -0.3 is 0 Å². The van der Waals surface area contributed by atoms with Gasteiger partial charge in [0.1, 0.15) is 0 Å². The van der Waals surface area contributed by atoms with E-state index in [1.807, 2.05) is 30.3 Å². The van der Waals surface area contributed by atoms with Crippen molar-refractivity contribution in [1.82, 2.24) is 0 Å². The number of benzene rings is 2. The smallest absolute Gasteiger partial charge is 0.0991 e. The van der Waals surface area contributed by atoms with Gasteiger partial charge in [0, 0.05) is 4.47 Å². The van der Waals surface area contributed by atoms with Crippen molar-refractivity contribution in [2.75, 3.05) is 0 Å². The number of nitriles is 1. The maximum atomic E-state index is 8.87. The Morgan fingerprint density at radius 1 is 1.12 bits per heavy atom. The zero-order chi connectivity index (χ0) is 11.5. The van der Waals surface area contributed by atoms with Gasteiger partial charge in [-0.05, 0) is 47.9 Å². The zero-order valence-corrected chi connectivity index (χ0v) is 10.5. The lowest BCUT2D eigenvalue weighted by Crippen LogP contribution is -1.84. The molecule has 2 heteroatoms. The van der Waals surface area contributed by atoms with Gasteiger partial charge in [0.05, 0.1) is 11.6 Å². The van der Waals surface area contributed by atoms with Crippen LogP contribution < -0.4 is 0 Å². The van der Waals surface area contributed by atoms with Gasteiger partial charge in [-0.1, -0.05) is 34.1 Å². The van der Waals surface area contributed by atoms with Crippen LogP contribution in [0.25, 0.3) is 11.1 Å². The topological polar surface area (TPSA) is 23.8 Å². The fourth-order valence-corrected chi connectivity index (χ4v) is 2.02. The molecule has 0 saturated carbocycles. The van der Waals surface area contributed by atoms with Crippen LogP contribution in [0.1, 0.15) is 11.1 Å². The molecule has 0 fully saturated rings. The quantitative estimate of drug-likeness (QED) is 0.759. The van der Waals surface area contributed by atoms with Gasteiger partial charge in [-0.3, -0.25) is 0 Å². The molecule has 0 N–H and O–H groups in total. The zero-order valence-electron chi connectivity index (χ0n) is 8.87. The van der Waals surface area contributed by atoms with Crippen LogP contribution in [0.2, 0.25) is 0 Å². The number of rotatable bonds is 1. The summed E-state index contributed by atoms with van der Waals surface area (Å²) in [5, 5.41) is 8.87. The number of hydrogen-bond donors (Lipinski definition) is 0. The summed E-state index contributed by atoms with van der Waals surface area (Å²) in [6.07, 6.45) is 0. The third-order valence-electron chi connectivity index (χ3n) is 2.50. The van der Waals surface area contributed by atoms with Crippen molar-refractivity contribution in [2.24, 2.45) is 0 Å². The second-order valence-electron chi connectivity index (χ2n) is 3.65. The molecule has 1 nitrogen and oxygen atoms in total. The summed E-state index contributed by atoms with van der Waals surface area (Å²) in [6, 6.07) is 16.0. The fraction of sp³-hybridized carbons (Fsp3) is 0.0714. The standard InChI is InChI=1S/C14H10BrN/c1-10-5-6-13(15)8-14(10)12-4-2-3-11(7-12)9-16/h2-8H,1H3. The highest BCUT2D eigenvalue weighted by Gasteiger charge is 2.03. The normalized spacial score (nSPS) is 9.81. The maximum absolute atomic E-state index is 8.87. The maximum Gasteiger partial charge on any atom is 0.0991 e. The number of hydrogen-bond acceptors (Lipinski definition) is 1. The molecule has 0 aliphatic rings. The summed E-state index contributed by atoms with van der Waals surface area (Å²) in [5.74, 6) is 0. The minimum atomic E-state index is 0.692. The molecule has 0 unspecified atom stereocenters. The van der Waals surface area contributed by atoms with Crippen molar-refractivity contribution in [2.45, 2.75) is 6.92 Å². The first kappa shape index (κ1) is 10.9. The molecule has 0 spiro atoms. The monoisotopic (exact) mass is 271 g/mol. The third-order valence-corrected chi connectivity index (χ3v) is 3.00. The highest BCUT2D eigenvalue weighted by Crippen LogP contribution is 2.27. The van der Waals surface area contributed by atoms with Crippen LogP contribution in [0, 0.1) is 18.3 Å². The lowest BCUT2D eigenvalue weighted by Gasteiger charge is -2.06. The van der Waals surface area contributed by atoms with E-state index in [1.54, 1.807) is 0 Å². The van der Waals surface area contributed by atoms with E-state index in [0.717, 1.165) is 15.6 Å². The molecule has 0 aliphatic carbocycles. The Bertz CT molecular complexity index is 567. The summed E-state index contributed by atoms with van der Waals surface area (Å²) in [5.41, 5.74) is 4.14. The lowest BCUT2D eigenvalue weighted by molar-refractivity contribution is 1.43. The molecule has 0 atom stereocenters. The molecule has 0 aromatic heterocycles. The average Bonchev–Trinajstić information content (AvgIpc) is 2.32. The minimum absolute atomic E-state index is 0.692. The van der Waals surface area contributed by atoms with Crippen LogP contribution >= 0.6 is 15.9 Å². The van der Waals surface area contributed by atoms with Gasteiger partial charge in [0.25, 0.3) is 0 Å². The molecule has 2 aromatic rings. The van der Waals surface area contributed by atoms with Crippen LogP contribution in [-0.2, 0) is 0 Å². The van der Waals surface area contributed by atoms with Gasteiger partial charge in [-0.15, -0.1) is 0 Å². The Balaban J connectivity index is 2.58. The minimum Gasteiger partial charge on any atom is -0.192 e. The molecule has 0 aliphatic heterocycles. The van der Waals surface area contributed by atoms with Crippen molar-refractivity contribution >= 4 is 15.9 Å². The number of halogens is 1. The van der Waals surface area contributed by atoms with Crippen LogP contribution in [0.4, 0.5) is 0 Å². The van der Waals surface area contributed by atoms with E-state index >= 15 is 0 Å². The summed E-state index contributed by atoms with van der Waals surface area (Å²) in [4.78, 5) is 0. The summed E-state index contributed by atoms with van der Waals surface area (Å²) >= 11 is 3.46. The van der Waals surface area contributed by atoms with Crippen molar-refractivity contribution in [3.8, 4) is 17.2 Å². The van der Waals surface area contributed by atoms with Gasteiger partial charge in [-0.25, -0.2) is 0 Å². The molecular weight excluding hydrogens is 262 g/mol. The molecule has 16 heavy (non-hydrogen) atoms. The lowest BCUT2D eigenvalue weighted by atomic mass is 9.99. The van der Waals surface area contributed by atoms with E-state index in [4.69, 9.17) is 5.26 Å². The highest BCUT2D eigenvalue weighted by atomic mass is 79.9. The fourth-order valence-electron chi connectivity index (χ4n) is 1.66. The van der Waals surface area contributed by atoms with Crippen LogP contribution in [0.5, 0.6) is 0 Å². The first-order valence-electron chi connectivity index (χ1n) is 4.97. The molecule has 0 radical (unpaired) electrons.